The Bertz CT molecular complexity index is 414. The second kappa shape index (κ2) is 6.28. The number of rotatable bonds is 5. The number of hydrogen-bond acceptors (Lipinski definition) is 2. The zero-order valence-electron chi connectivity index (χ0n) is 11.8. The van der Waals surface area contributed by atoms with Gasteiger partial charge < -0.3 is 10.2 Å². The Morgan fingerprint density at radius 1 is 1.26 bits per heavy atom. The second-order valence-corrected chi connectivity index (χ2v) is 5.65. The lowest BCUT2D eigenvalue weighted by molar-refractivity contribution is 0.156. The summed E-state index contributed by atoms with van der Waals surface area (Å²) in [7, 11) is 1.58. The van der Waals surface area contributed by atoms with E-state index >= 15 is 0 Å². The first-order valence-electron chi connectivity index (χ1n) is 6.22. The fourth-order valence-corrected chi connectivity index (χ4v) is 1.73. The van der Waals surface area contributed by atoms with Crippen molar-refractivity contribution in [2.75, 3.05) is 18.5 Å². The molecule has 0 fully saturated rings. The molecule has 0 aliphatic heterocycles. The lowest BCUT2D eigenvalue weighted by Gasteiger charge is -2.25. The lowest BCUT2D eigenvalue weighted by atomic mass is 10.1. The fraction of sp³-hybridized carbons (Fsp3) is 0.571. The predicted molar refractivity (Wildman–Crippen MR) is 72.3 cm³/mol. The smallest absolute Gasteiger partial charge is 0.255 e. The maximum absolute atomic E-state index is 13.3. The zero-order chi connectivity index (χ0) is 14.6. The van der Waals surface area contributed by atoms with Gasteiger partial charge in [-0.05, 0) is 44.5 Å². The summed E-state index contributed by atoms with van der Waals surface area (Å²) in [6.07, 6.45) is -2.42. The van der Waals surface area contributed by atoms with Crippen LogP contribution in [0.25, 0.3) is 0 Å². The Balaban J connectivity index is 2.91. The molecule has 0 saturated carbocycles. The Morgan fingerprint density at radius 2 is 1.89 bits per heavy atom. The molecule has 1 aromatic rings. The van der Waals surface area contributed by atoms with Crippen LogP contribution < -0.4 is 10.2 Å². The molecule has 1 aromatic carbocycles. The molecule has 1 N–H and O–H groups in total. The highest BCUT2D eigenvalue weighted by molar-refractivity contribution is 5.53. The van der Waals surface area contributed by atoms with Crippen LogP contribution in [-0.4, -0.2) is 25.6 Å². The molecule has 0 heterocycles. The van der Waals surface area contributed by atoms with Crippen LogP contribution in [0.2, 0.25) is 0 Å². The van der Waals surface area contributed by atoms with Crippen LogP contribution in [0.3, 0.4) is 0 Å². The number of alkyl halides is 2. The van der Waals surface area contributed by atoms with Gasteiger partial charge in [-0.25, -0.2) is 13.2 Å². The van der Waals surface area contributed by atoms with Crippen molar-refractivity contribution in [1.82, 2.24) is 5.32 Å². The van der Waals surface area contributed by atoms with Crippen molar-refractivity contribution in [3.63, 3.8) is 0 Å². The Morgan fingerprint density at radius 3 is 2.42 bits per heavy atom. The minimum absolute atomic E-state index is 0.120. The van der Waals surface area contributed by atoms with Crippen LogP contribution in [0.15, 0.2) is 18.2 Å². The first-order chi connectivity index (χ1) is 8.69. The molecular weight excluding hydrogens is 253 g/mol. The van der Waals surface area contributed by atoms with Crippen LogP contribution >= 0.6 is 0 Å². The summed E-state index contributed by atoms with van der Waals surface area (Å²) in [6, 6.07) is 4.21. The lowest BCUT2D eigenvalue weighted by Crippen LogP contribution is -2.36. The summed E-state index contributed by atoms with van der Waals surface area (Å²) in [5.74, 6) is -0.361. The Kier molecular flexibility index (Phi) is 5.23. The van der Waals surface area contributed by atoms with Gasteiger partial charge >= 0.3 is 0 Å². The van der Waals surface area contributed by atoms with Crippen LogP contribution in [-0.2, 0) is 6.54 Å². The van der Waals surface area contributed by atoms with E-state index in [1.807, 2.05) is 20.8 Å². The molecule has 0 atom stereocenters. The van der Waals surface area contributed by atoms with Crippen molar-refractivity contribution in [1.29, 1.82) is 0 Å². The van der Waals surface area contributed by atoms with Crippen molar-refractivity contribution < 1.29 is 13.2 Å². The molecule has 0 saturated heterocycles. The number of nitrogens with one attached hydrogen (secondary N) is 1. The number of benzene rings is 1. The second-order valence-electron chi connectivity index (χ2n) is 5.65. The first-order valence-corrected chi connectivity index (χ1v) is 6.22. The highest BCUT2D eigenvalue weighted by atomic mass is 19.3. The molecule has 0 aliphatic rings. The normalized spacial score (nSPS) is 12.0. The summed E-state index contributed by atoms with van der Waals surface area (Å²) in [6.45, 7) is 6.05. The largest absolute Gasteiger partial charge is 0.369 e. The van der Waals surface area contributed by atoms with Crippen molar-refractivity contribution in [3.05, 3.63) is 29.6 Å². The van der Waals surface area contributed by atoms with Crippen LogP contribution in [0.4, 0.5) is 18.9 Å². The monoisotopic (exact) mass is 274 g/mol. The topological polar surface area (TPSA) is 15.3 Å². The summed E-state index contributed by atoms with van der Waals surface area (Å²) >= 11 is 0. The van der Waals surface area contributed by atoms with Gasteiger partial charge in [0, 0.05) is 24.8 Å². The van der Waals surface area contributed by atoms with Crippen molar-refractivity contribution in [2.24, 2.45) is 0 Å². The highest BCUT2D eigenvalue weighted by Crippen LogP contribution is 2.22. The van der Waals surface area contributed by atoms with Crippen LogP contribution in [0.5, 0.6) is 0 Å². The van der Waals surface area contributed by atoms with Crippen LogP contribution in [0.1, 0.15) is 26.3 Å². The van der Waals surface area contributed by atoms with E-state index in [-0.39, 0.29) is 17.9 Å². The maximum Gasteiger partial charge on any atom is 0.255 e. The highest BCUT2D eigenvalue weighted by Gasteiger charge is 2.15. The van der Waals surface area contributed by atoms with Crippen LogP contribution in [0, 0.1) is 5.82 Å². The van der Waals surface area contributed by atoms with Gasteiger partial charge in [-0.3, -0.25) is 0 Å². The van der Waals surface area contributed by atoms with E-state index in [1.54, 1.807) is 7.05 Å². The van der Waals surface area contributed by atoms with E-state index < -0.39 is 6.43 Å². The van der Waals surface area contributed by atoms with Gasteiger partial charge in [-0.15, -0.1) is 0 Å². The summed E-state index contributed by atoms with van der Waals surface area (Å²) < 4.78 is 38.1. The Hall–Kier alpha value is -1.23. The van der Waals surface area contributed by atoms with Crippen molar-refractivity contribution >= 4 is 5.69 Å². The molecule has 2 nitrogen and oxygen atoms in total. The molecule has 0 unspecified atom stereocenters. The van der Waals surface area contributed by atoms with Crippen molar-refractivity contribution in [3.8, 4) is 0 Å². The average Bonchev–Trinajstić information content (AvgIpc) is 2.24. The van der Waals surface area contributed by atoms with E-state index in [2.05, 4.69) is 5.32 Å². The third-order valence-corrected chi connectivity index (χ3v) is 2.67. The van der Waals surface area contributed by atoms with Gasteiger partial charge in [-0.2, -0.15) is 0 Å². The quantitative estimate of drug-likeness (QED) is 0.885. The first kappa shape index (κ1) is 15.8. The average molecular weight is 274 g/mol. The third-order valence-electron chi connectivity index (χ3n) is 2.67. The van der Waals surface area contributed by atoms with E-state index in [4.69, 9.17) is 0 Å². The maximum atomic E-state index is 13.3. The molecule has 0 amide bonds. The van der Waals surface area contributed by atoms with E-state index in [0.29, 0.717) is 17.8 Å². The SMILES string of the molecule is CN(CC(F)F)c1ccc(F)cc1CNC(C)(C)C. The molecule has 0 radical (unpaired) electrons. The number of hydrogen-bond donors (Lipinski definition) is 1. The van der Waals surface area contributed by atoms with E-state index in [9.17, 15) is 13.2 Å². The van der Waals surface area contributed by atoms with Gasteiger partial charge in [0.05, 0.1) is 6.54 Å². The minimum atomic E-state index is -2.42. The van der Waals surface area contributed by atoms with Gasteiger partial charge in [-0.1, -0.05) is 0 Å². The molecular formula is C14H21F3N2. The summed E-state index contributed by atoms with van der Waals surface area (Å²) in [5, 5.41) is 3.23. The molecule has 108 valence electrons. The van der Waals surface area contributed by atoms with Gasteiger partial charge in [0.2, 0.25) is 0 Å². The third kappa shape index (κ3) is 5.51. The fourth-order valence-electron chi connectivity index (χ4n) is 1.73. The molecule has 0 spiro atoms. The molecule has 0 bridgehead atoms. The van der Waals surface area contributed by atoms with Gasteiger partial charge in [0.1, 0.15) is 5.82 Å². The zero-order valence-corrected chi connectivity index (χ0v) is 11.8. The summed E-state index contributed by atoms with van der Waals surface area (Å²) in [4.78, 5) is 1.45. The number of anilines is 1. The van der Waals surface area contributed by atoms with Gasteiger partial charge in [0.25, 0.3) is 6.43 Å². The Labute approximate surface area is 112 Å². The molecule has 0 aromatic heterocycles. The number of nitrogens with zero attached hydrogens (tertiary/aromatic N) is 1. The van der Waals surface area contributed by atoms with Crippen molar-refractivity contribution in [2.45, 2.75) is 39.3 Å². The summed E-state index contributed by atoms with van der Waals surface area (Å²) in [5.41, 5.74) is 1.18. The predicted octanol–water partition coefficient (Wildman–Crippen LogP) is 3.42. The van der Waals surface area contributed by atoms with E-state index in [1.165, 1.54) is 23.1 Å². The molecule has 5 heteroatoms. The van der Waals surface area contributed by atoms with Gasteiger partial charge in [0.15, 0.2) is 0 Å². The molecule has 19 heavy (non-hydrogen) atoms. The molecule has 1 rings (SSSR count). The standard InChI is InChI=1S/C14H21F3N2/c1-14(2,3)18-8-10-7-11(15)5-6-12(10)19(4)9-13(16)17/h5-7,13,18H,8-9H2,1-4H3. The number of halogens is 3. The van der Waals surface area contributed by atoms with E-state index in [0.717, 1.165) is 0 Å². The minimum Gasteiger partial charge on any atom is -0.369 e. The molecule has 0 aliphatic carbocycles.